The highest BCUT2D eigenvalue weighted by Gasteiger charge is 2.11. The summed E-state index contributed by atoms with van der Waals surface area (Å²) in [7, 11) is 0. The molecule has 23 heavy (non-hydrogen) atoms. The molecule has 0 unspecified atom stereocenters. The lowest BCUT2D eigenvalue weighted by Gasteiger charge is -2.10. The molecule has 0 radical (unpaired) electrons. The van der Waals surface area contributed by atoms with Gasteiger partial charge in [-0.1, -0.05) is 26.0 Å². The maximum Gasteiger partial charge on any atom is 0.244 e. The van der Waals surface area contributed by atoms with Gasteiger partial charge in [-0.2, -0.15) is 0 Å². The maximum atomic E-state index is 12.3. The van der Waals surface area contributed by atoms with Crippen molar-refractivity contribution in [2.75, 3.05) is 11.1 Å². The summed E-state index contributed by atoms with van der Waals surface area (Å²) in [5, 5.41) is 2.89. The molecule has 1 aromatic carbocycles. The molecule has 2 heterocycles. The van der Waals surface area contributed by atoms with E-state index in [0.717, 1.165) is 5.69 Å². The van der Waals surface area contributed by atoms with Gasteiger partial charge in [0.25, 0.3) is 0 Å². The predicted molar refractivity (Wildman–Crippen MR) is 88.9 cm³/mol. The van der Waals surface area contributed by atoms with Crippen LogP contribution in [0, 0.1) is 0 Å². The largest absolute Gasteiger partial charge is 0.382 e. The van der Waals surface area contributed by atoms with Crippen LogP contribution in [0.3, 0.4) is 0 Å². The summed E-state index contributed by atoms with van der Waals surface area (Å²) in [6.07, 6.45) is 2.90. The van der Waals surface area contributed by atoms with E-state index in [2.05, 4.69) is 34.1 Å². The van der Waals surface area contributed by atoms with Crippen molar-refractivity contribution in [3.63, 3.8) is 0 Å². The zero-order chi connectivity index (χ0) is 16.4. The average Bonchev–Trinajstić information content (AvgIpc) is 2.92. The number of hydrogen-bond donors (Lipinski definition) is 2. The van der Waals surface area contributed by atoms with Gasteiger partial charge < -0.3 is 15.6 Å². The molecule has 0 spiro atoms. The first-order valence-electron chi connectivity index (χ1n) is 7.35. The highest BCUT2D eigenvalue weighted by molar-refractivity contribution is 5.92. The summed E-state index contributed by atoms with van der Waals surface area (Å²) < 4.78 is 1.65. The number of hydrogen-bond acceptors (Lipinski definition) is 5. The second kappa shape index (κ2) is 6.04. The van der Waals surface area contributed by atoms with E-state index >= 15 is 0 Å². The topological polar surface area (TPSA) is 98.7 Å². The number of rotatable bonds is 4. The van der Waals surface area contributed by atoms with E-state index in [1.807, 2.05) is 24.3 Å². The Hall–Kier alpha value is -2.96. The number of nitrogens with zero attached hydrogens (tertiary/aromatic N) is 4. The minimum Gasteiger partial charge on any atom is -0.382 e. The van der Waals surface area contributed by atoms with Crippen LogP contribution in [-0.4, -0.2) is 25.4 Å². The number of nitrogen functional groups attached to an aromatic ring is 1. The van der Waals surface area contributed by atoms with Crippen LogP contribution in [0.1, 0.15) is 25.3 Å². The molecule has 3 aromatic rings. The maximum absolute atomic E-state index is 12.3. The molecule has 0 aliphatic heterocycles. The van der Waals surface area contributed by atoms with Crippen LogP contribution in [0.15, 0.2) is 36.9 Å². The number of amides is 1. The summed E-state index contributed by atoms with van der Waals surface area (Å²) in [5.41, 5.74) is 8.74. The standard InChI is InChI=1S/C16H18N6O/c1-10(2)11-4-3-5-12(6-11)21-13(23)7-22-9-20-14-15(17)18-8-19-16(14)22/h3-6,8-10H,7H2,1-2H3,(H,21,23)(H2,17,18,19). The lowest BCUT2D eigenvalue weighted by atomic mass is 10.0. The normalized spacial score (nSPS) is 11.1. The fourth-order valence-corrected chi connectivity index (χ4v) is 2.35. The molecule has 0 bridgehead atoms. The molecule has 1 amide bonds. The molecule has 0 fully saturated rings. The Morgan fingerprint density at radius 1 is 1.30 bits per heavy atom. The van der Waals surface area contributed by atoms with Gasteiger partial charge in [-0.05, 0) is 23.6 Å². The minimum atomic E-state index is -0.151. The van der Waals surface area contributed by atoms with E-state index in [-0.39, 0.29) is 12.5 Å². The summed E-state index contributed by atoms with van der Waals surface area (Å²) in [6.45, 7) is 4.34. The van der Waals surface area contributed by atoms with Gasteiger partial charge in [0.05, 0.1) is 6.33 Å². The lowest BCUT2D eigenvalue weighted by Crippen LogP contribution is -2.18. The Morgan fingerprint density at radius 2 is 2.13 bits per heavy atom. The quantitative estimate of drug-likeness (QED) is 0.769. The summed E-state index contributed by atoms with van der Waals surface area (Å²) in [5.74, 6) is 0.560. The van der Waals surface area contributed by atoms with E-state index in [1.54, 1.807) is 10.9 Å². The molecule has 0 saturated carbocycles. The fourth-order valence-electron chi connectivity index (χ4n) is 2.35. The van der Waals surface area contributed by atoms with Crippen molar-refractivity contribution in [3.8, 4) is 0 Å². The van der Waals surface area contributed by atoms with E-state index < -0.39 is 0 Å². The lowest BCUT2D eigenvalue weighted by molar-refractivity contribution is -0.116. The molecule has 0 aliphatic rings. The van der Waals surface area contributed by atoms with Crippen LogP contribution < -0.4 is 11.1 Å². The first kappa shape index (κ1) is 15.0. The number of carbonyl (C=O) groups excluding carboxylic acids is 1. The van der Waals surface area contributed by atoms with E-state index in [1.165, 1.54) is 11.9 Å². The van der Waals surface area contributed by atoms with E-state index in [0.29, 0.717) is 22.9 Å². The molecule has 3 rings (SSSR count). The zero-order valence-electron chi connectivity index (χ0n) is 13.0. The smallest absolute Gasteiger partial charge is 0.244 e. The molecule has 7 heteroatoms. The number of carbonyl (C=O) groups is 1. The average molecular weight is 310 g/mol. The molecule has 0 atom stereocenters. The first-order valence-corrected chi connectivity index (χ1v) is 7.35. The third kappa shape index (κ3) is 3.13. The zero-order valence-corrected chi connectivity index (χ0v) is 13.0. The van der Waals surface area contributed by atoms with Gasteiger partial charge in [-0.3, -0.25) is 4.79 Å². The number of aromatic nitrogens is 4. The van der Waals surface area contributed by atoms with Gasteiger partial charge >= 0.3 is 0 Å². The van der Waals surface area contributed by atoms with Crippen LogP contribution in [0.2, 0.25) is 0 Å². The SMILES string of the molecule is CC(C)c1cccc(NC(=O)Cn2cnc3c(N)ncnc32)c1. The van der Waals surface area contributed by atoms with E-state index in [9.17, 15) is 4.79 Å². The van der Waals surface area contributed by atoms with Crippen molar-refractivity contribution < 1.29 is 4.79 Å². The van der Waals surface area contributed by atoms with Crippen molar-refractivity contribution in [3.05, 3.63) is 42.5 Å². The Balaban J connectivity index is 1.76. The van der Waals surface area contributed by atoms with Gasteiger partial charge in [0.2, 0.25) is 5.91 Å². The van der Waals surface area contributed by atoms with Gasteiger partial charge in [0.15, 0.2) is 11.5 Å². The highest BCUT2D eigenvalue weighted by Crippen LogP contribution is 2.19. The van der Waals surface area contributed by atoms with Crippen LogP contribution in [0.4, 0.5) is 11.5 Å². The van der Waals surface area contributed by atoms with Gasteiger partial charge in [-0.15, -0.1) is 0 Å². The van der Waals surface area contributed by atoms with Crippen molar-refractivity contribution in [1.29, 1.82) is 0 Å². The Bertz CT molecular complexity index is 855. The van der Waals surface area contributed by atoms with Crippen LogP contribution in [0.25, 0.3) is 11.2 Å². The highest BCUT2D eigenvalue weighted by atomic mass is 16.1. The van der Waals surface area contributed by atoms with Gasteiger partial charge in [0, 0.05) is 5.69 Å². The monoisotopic (exact) mass is 310 g/mol. The van der Waals surface area contributed by atoms with Crippen LogP contribution in [-0.2, 0) is 11.3 Å². The van der Waals surface area contributed by atoms with Gasteiger partial charge in [0.1, 0.15) is 18.4 Å². The minimum absolute atomic E-state index is 0.110. The Kier molecular flexibility index (Phi) is 3.92. The van der Waals surface area contributed by atoms with Crippen LogP contribution >= 0.6 is 0 Å². The number of benzene rings is 1. The predicted octanol–water partition coefficient (Wildman–Crippen LogP) is 2.17. The number of nitrogens with two attached hydrogens (primary N) is 1. The Labute approximate surface area is 133 Å². The molecule has 7 nitrogen and oxygen atoms in total. The molecular formula is C16H18N6O. The molecule has 118 valence electrons. The van der Waals surface area contributed by atoms with Crippen LogP contribution in [0.5, 0.6) is 0 Å². The summed E-state index contributed by atoms with van der Waals surface area (Å²) in [6, 6.07) is 7.83. The third-order valence-corrected chi connectivity index (χ3v) is 3.58. The molecule has 3 N–H and O–H groups in total. The molecule has 0 saturated heterocycles. The molecule has 0 aliphatic carbocycles. The second-order valence-electron chi connectivity index (χ2n) is 5.63. The second-order valence-corrected chi connectivity index (χ2v) is 5.63. The van der Waals surface area contributed by atoms with E-state index in [4.69, 9.17) is 5.73 Å². The number of anilines is 2. The summed E-state index contributed by atoms with van der Waals surface area (Å²) >= 11 is 0. The number of nitrogens with one attached hydrogen (secondary N) is 1. The van der Waals surface area contributed by atoms with Gasteiger partial charge in [-0.25, -0.2) is 15.0 Å². The Morgan fingerprint density at radius 3 is 2.91 bits per heavy atom. The van der Waals surface area contributed by atoms with Crippen molar-refractivity contribution >= 4 is 28.6 Å². The third-order valence-electron chi connectivity index (χ3n) is 3.58. The molecule has 2 aromatic heterocycles. The van der Waals surface area contributed by atoms with Crippen molar-refractivity contribution in [1.82, 2.24) is 19.5 Å². The van der Waals surface area contributed by atoms with Crippen molar-refractivity contribution in [2.24, 2.45) is 0 Å². The first-order chi connectivity index (χ1) is 11.0. The molecular weight excluding hydrogens is 292 g/mol. The fraction of sp³-hybridized carbons (Fsp3) is 0.250. The summed E-state index contributed by atoms with van der Waals surface area (Å²) in [4.78, 5) is 24.4. The van der Waals surface area contributed by atoms with Crippen molar-refractivity contribution in [2.45, 2.75) is 26.3 Å². The number of imidazole rings is 1. The number of fused-ring (bicyclic) bond motifs is 1.